The second-order valence-corrected chi connectivity index (χ2v) is 6.85. The first-order valence-electron chi connectivity index (χ1n) is 9.63. The van der Waals surface area contributed by atoms with E-state index in [1.807, 2.05) is 7.05 Å². The Bertz CT molecular complexity index is 494. The molecular weight excluding hydrogens is 310 g/mol. The zero-order chi connectivity index (χ0) is 17.9. The highest BCUT2D eigenvalue weighted by molar-refractivity contribution is 5.79. The van der Waals surface area contributed by atoms with Crippen LogP contribution in [0.1, 0.15) is 25.3 Å². The van der Waals surface area contributed by atoms with E-state index in [0.29, 0.717) is 0 Å². The molecule has 1 saturated heterocycles. The van der Waals surface area contributed by atoms with E-state index >= 15 is 0 Å². The monoisotopic (exact) mass is 345 g/mol. The van der Waals surface area contributed by atoms with Crippen molar-refractivity contribution < 1.29 is 0 Å². The summed E-state index contributed by atoms with van der Waals surface area (Å²) in [5, 5.41) is 3.50. The van der Waals surface area contributed by atoms with Crippen molar-refractivity contribution in [1.29, 1.82) is 0 Å². The molecule has 25 heavy (non-hydrogen) atoms. The number of hydrogen-bond donors (Lipinski definition) is 1. The number of benzene rings is 1. The van der Waals surface area contributed by atoms with Crippen molar-refractivity contribution in [2.24, 2.45) is 4.99 Å². The highest BCUT2D eigenvalue weighted by Crippen LogP contribution is 2.08. The van der Waals surface area contributed by atoms with Crippen LogP contribution in [0.2, 0.25) is 0 Å². The topological polar surface area (TPSA) is 34.1 Å². The number of unbranched alkanes of at least 4 members (excludes halogenated alkanes) is 1. The quantitative estimate of drug-likeness (QED) is 0.578. The summed E-state index contributed by atoms with van der Waals surface area (Å²) in [5.74, 6) is 1.01. The lowest BCUT2D eigenvalue weighted by Gasteiger charge is -2.35. The zero-order valence-electron chi connectivity index (χ0n) is 16.2. The summed E-state index contributed by atoms with van der Waals surface area (Å²) in [5.41, 5.74) is 1.41. The van der Waals surface area contributed by atoms with Gasteiger partial charge in [0.25, 0.3) is 0 Å². The van der Waals surface area contributed by atoms with Crippen LogP contribution in [0.25, 0.3) is 0 Å². The average molecular weight is 346 g/mol. The molecule has 0 aromatic heterocycles. The molecule has 5 heteroatoms. The van der Waals surface area contributed by atoms with Crippen molar-refractivity contribution in [3.8, 4) is 0 Å². The van der Waals surface area contributed by atoms with Gasteiger partial charge in [0.05, 0.1) is 0 Å². The Morgan fingerprint density at radius 3 is 2.44 bits per heavy atom. The van der Waals surface area contributed by atoms with Gasteiger partial charge in [-0.3, -0.25) is 14.8 Å². The molecule has 1 aliphatic rings. The zero-order valence-corrected chi connectivity index (χ0v) is 16.2. The number of nitrogens with zero attached hydrogens (tertiary/aromatic N) is 4. The summed E-state index contributed by atoms with van der Waals surface area (Å²) in [6.45, 7) is 11.0. The molecule has 0 amide bonds. The van der Waals surface area contributed by atoms with Crippen LogP contribution in [0.5, 0.6) is 0 Å². The lowest BCUT2D eigenvalue weighted by molar-refractivity contribution is 0.128. The van der Waals surface area contributed by atoms with E-state index < -0.39 is 0 Å². The Morgan fingerprint density at radius 1 is 1.12 bits per heavy atom. The van der Waals surface area contributed by atoms with Gasteiger partial charge < -0.3 is 10.2 Å². The van der Waals surface area contributed by atoms with Crippen molar-refractivity contribution in [3.05, 3.63) is 35.9 Å². The van der Waals surface area contributed by atoms with Crippen molar-refractivity contribution in [1.82, 2.24) is 20.0 Å². The predicted octanol–water partition coefficient (Wildman–Crippen LogP) is 2.11. The Labute approximate surface area is 153 Å². The molecule has 0 radical (unpaired) electrons. The Morgan fingerprint density at radius 2 is 1.80 bits per heavy atom. The van der Waals surface area contributed by atoms with E-state index in [1.54, 1.807) is 0 Å². The summed E-state index contributed by atoms with van der Waals surface area (Å²) in [6.07, 6.45) is 2.43. The van der Waals surface area contributed by atoms with Crippen molar-refractivity contribution in [3.63, 3.8) is 0 Å². The average Bonchev–Trinajstić information content (AvgIpc) is 2.65. The number of hydrogen-bond acceptors (Lipinski definition) is 3. The van der Waals surface area contributed by atoms with Gasteiger partial charge in [0.2, 0.25) is 0 Å². The molecule has 1 heterocycles. The fourth-order valence-corrected chi connectivity index (χ4v) is 3.22. The van der Waals surface area contributed by atoms with Crippen LogP contribution < -0.4 is 5.32 Å². The lowest BCUT2D eigenvalue weighted by atomic mass is 10.2. The minimum Gasteiger partial charge on any atom is -0.355 e. The molecule has 2 rings (SSSR count). The number of rotatable bonds is 8. The van der Waals surface area contributed by atoms with Gasteiger partial charge in [0.15, 0.2) is 5.96 Å². The second-order valence-electron chi connectivity index (χ2n) is 6.85. The first-order valence-corrected chi connectivity index (χ1v) is 9.63. The van der Waals surface area contributed by atoms with Gasteiger partial charge in [-0.1, -0.05) is 43.7 Å². The summed E-state index contributed by atoms with van der Waals surface area (Å²) < 4.78 is 0. The number of aliphatic imine (C=N–C) groups is 1. The Kier molecular flexibility index (Phi) is 8.77. The van der Waals surface area contributed by atoms with E-state index in [4.69, 9.17) is 0 Å². The van der Waals surface area contributed by atoms with Crippen molar-refractivity contribution in [2.45, 2.75) is 26.3 Å². The largest absolute Gasteiger partial charge is 0.355 e. The minimum atomic E-state index is 0.960. The molecular formula is C20H35N5. The minimum absolute atomic E-state index is 0.960. The fourth-order valence-electron chi connectivity index (χ4n) is 3.22. The van der Waals surface area contributed by atoms with Gasteiger partial charge in [-0.2, -0.15) is 0 Å². The normalized spacial score (nSPS) is 16.8. The number of guanidine groups is 1. The molecule has 1 fully saturated rings. The molecule has 1 aromatic rings. The molecule has 0 spiro atoms. The van der Waals surface area contributed by atoms with Gasteiger partial charge in [-0.15, -0.1) is 0 Å². The molecule has 1 aromatic carbocycles. The summed E-state index contributed by atoms with van der Waals surface area (Å²) in [7, 11) is 3.99. The van der Waals surface area contributed by atoms with Crippen LogP contribution in [0.4, 0.5) is 0 Å². The highest BCUT2D eigenvalue weighted by atomic mass is 15.3. The third-order valence-corrected chi connectivity index (χ3v) is 4.85. The van der Waals surface area contributed by atoms with E-state index in [9.17, 15) is 0 Å². The SMILES string of the molecule is CCCCN(C)C(=NC)NCCN1CCN(Cc2ccccc2)CC1. The standard InChI is InChI=1S/C20H35N5/c1-4-5-12-23(3)20(21-2)22-11-13-24-14-16-25(17-15-24)18-19-9-7-6-8-10-19/h6-10H,4-5,11-18H2,1-3H3,(H,21,22). The maximum atomic E-state index is 4.39. The van der Waals surface area contributed by atoms with Crippen LogP contribution >= 0.6 is 0 Å². The lowest BCUT2D eigenvalue weighted by Crippen LogP contribution is -2.49. The predicted molar refractivity (Wildman–Crippen MR) is 107 cm³/mol. The third kappa shape index (κ3) is 7.04. The molecule has 1 aliphatic heterocycles. The van der Waals surface area contributed by atoms with E-state index in [0.717, 1.165) is 58.3 Å². The molecule has 0 bridgehead atoms. The first-order chi connectivity index (χ1) is 12.2. The maximum Gasteiger partial charge on any atom is 0.193 e. The van der Waals surface area contributed by atoms with Crippen LogP contribution in [-0.4, -0.2) is 80.6 Å². The van der Waals surface area contributed by atoms with Gasteiger partial charge >= 0.3 is 0 Å². The molecule has 0 atom stereocenters. The van der Waals surface area contributed by atoms with E-state index in [-0.39, 0.29) is 0 Å². The van der Waals surface area contributed by atoms with Crippen LogP contribution in [-0.2, 0) is 6.54 Å². The Hall–Kier alpha value is -1.59. The third-order valence-electron chi connectivity index (χ3n) is 4.85. The van der Waals surface area contributed by atoms with Gasteiger partial charge in [0.1, 0.15) is 0 Å². The van der Waals surface area contributed by atoms with Crippen molar-refractivity contribution in [2.75, 3.05) is 59.9 Å². The fraction of sp³-hybridized carbons (Fsp3) is 0.650. The molecule has 5 nitrogen and oxygen atoms in total. The summed E-state index contributed by atoms with van der Waals surface area (Å²) >= 11 is 0. The van der Waals surface area contributed by atoms with Gasteiger partial charge in [-0.05, 0) is 12.0 Å². The maximum absolute atomic E-state index is 4.39. The second kappa shape index (κ2) is 11.1. The first kappa shape index (κ1) is 19.7. The number of piperazine rings is 1. The summed E-state index contributed by atoms with van der Waals surface area (Å²) in [4.78, 5) is 11.7. The van der Waals surface area contributed by atoms with Crippen LogP contribution in [0.15, 0.2) is 35.3 Å². The highest BCUT2D eigenvalue weighted by Gasteiger charge is 2.16. The van der Waals surface area contributed by atoms with E-state index in [1.165, 1.54) is 18.4 Å². The van der Waals surface area contributed by atoms with Crippen molar-refractivity contribution >= 4 is 5.96 Å². The van der Waals surface area contributed by atoms with Gasteiger partial charge in [0, 0.05) is 66.5 Å². The Balaban J connectivity index is 1.63. The molecule has 0 unspecified atom stereocenters. The molecule has 0 saturated carbocycles. The number of nitrogens with one attached hydrogen (secondary N) is 1. The van der Waals surface area contributed by atoms with Gasteiger partial charge in [-0.25, -0.2) is 0 Å². The summed E-state index contributed by atoms with van der Waals surface area (Å²) in [6, 6.07) is 10.8. The van der Waals surface area contributed by atoms with E-state index in [2.05, 4.69) is 69.3 Å². The molecule has 1 N–H and O–H groups in total. The van der Waals surface area contributed by atoms with Crippen LogP contribution in [0.3, 0.4) is 0 Å². The smallest absolute Gasteiger partial charge is 0.193 e. The van der Waals surface area contributed by atoms with Crippen LogP contribution in [0, 0.1) is 0 Å². The molecule has 140 valence electrons. The molecule has 0 aliphatic carbocycles.